The Hall–Kier alpha value is -2.59. The zero-order valence-corrected chi connectivity index (χ0v) is 14.2. The molecule has 0 saturated carbocycles. The molecule has 0 aliphatic carbocycles. The smallest absolute Gasteiger partial charge is 0.322 e. The summed E-state index contributed by atoms with van der Waals surface area (Å²) in [7, 11) is 1.75. The van der Waals surface area contributed by atoms with Crippen LogP contribution in [0.4, 0.5) is 4.79 Å². The second-order valence-corrected chi connectivity index (χ2v) is 4.78. The number of carbonyl (C=O) groups excluding carboxylic acids is 2. The molecular formula is C16H24N4O3. The van der Waals surface area contributed by atoms with Crippen LogP contribution in [0.3, 0.4) is 0 Å². The topological polar surface area (TPSA) is 96.2 Å². The highest BCUT2D eigenvalue weighted by molar-refractivity contribution is 6.04. The molecule has 7 heteroatoms. The zero-order valence-electron chi connectivity index (χ0n) is 14.2. The summed E-state index contributed by atoms with van der Waals surface area (Å²) in [5.74, 6) is 2.07. The van der Waals surface area contributed by atoms with Gasteiger partial charge in [-0.15, -0.1) is 18.9 Å². The number of aliphatic hydroxyl groups excluding tert-OH is 1. The zero-order chi connectivity index (χ0) is 18.2. The molecule has 1 saturated heterocycles. The summed E-state index contributed by atoms with van der Waals surface area (Å²) in [5, 5.41) is 14.5. The van der Waals surface area contributed by atoms with Gasteiger partial charge in [-0.1, -0.05) is 6.08 Å². The largest absolute Gasteiger partial charge is 0.382 e. The van der Waals surface area contributed by atoms with Crippen LogP contribution >= 0.6 is 0 Å². The van der Waals surface area contributed by atoms with Gasteiger partial charge in [0.1, 0.15) is 18.0 Å². The lowest BCUT2D eigenvalue weighted by atomic mass is 10.1. The maximum absolute atomic E-state index is 11.4. The molecule has 2 unspecified atom stereocenters. The van der Waals surface area contributed by atoms with Crippen molar-refractivity contribution in [3.63, 3.8) is 0 Å². The fourth-order valence-electron chi connectivity index (χ4n) is 1.81. The van der Waals surface area contributed by atoms with Crippen molar-refractivity contribution in [3.05, 3.63) is 29.9 Å². The van der Waals surface area contributed by atoms with E-state index in [9.17, 15) is 14.7 Å². The third-order valence-electron chi connectivity index (χ3n) is 3.04. The molecule has 1 aliphatic rings. The lowest BCUT2D eigenvalue weighted by Crippen LogP contribution is -2.36. The molecule has 1 fully saturated rings. The molecule has 7 nitrogen and oxygen atoms in total. The Bertz CT molecular complexity index is 614. The van der Waals surface area contributed by atoms with Crippen LogP contribution in [0.25, 0.3) is 0 Å². The minimum atomic E-state index is -1.15. The normalized spacial score (nSPS) is 16.7. The summed E-state index contributed by atoms with van der Waals surface area (Å²) in [6, 6.07) is -1.58. The van der Waals surface area contributed by atoms with Crippen molar-refractivity contribution in [2.45, 2.75) is 39.8 Å². The summed E-state index contributed by atoms with van der Waals surface area (Å²) >= 11 is 0. The van der Waals surface area contributed by atoms with Gasteiger partial charge in [-0.25, -0.2) is 9.78 Å². The molecule has 1 aromatic rings. The van der Waals surface area contributed by atoms with Crippen molar-refractivity contribution >= 4 is 11.9 Å². The maximum Gasteiger partial charge on any atom is 0.322 e. The molecule has 3 N–H and O–H groups in total. The van der Waals surface area contributed by atoms with Gasteiger partial charge in [0, 0.05) is 12.7 Å². The summed E-state index contributed by atoms with van der Waals surface area (Å²) < 4.78 is 1.71. The quantitative estimate of drug-likeness (QED) is 0.432. The van der Waals surface area contributed by atoms with Gasteiger partial charge in [-0.2, -0.15) is 0 Å². The van der Waals surface area contributed by atoms with E-state index >= 15 is 0 Å². The Kier molecular flexibility index (Phi) is 8.37. The predicted octanol–water partition coefficient (Wildman–Crippen LogP) is 1.11. The molecule has 2 heterocycles. The minimum absolute atomic E-state index is 0.363. The van der Waals surface area contributed by atoms with Crippen molar-refractivity contribution in [1.82, 2.24) is 20.2 Å². The van der Waals surface area contributed by atoms with E-state index in [0.29, 0.717) is 5.82 Å². The number of amides is 3. The Labute approximate surface area is 136 Å². The number of imide groups is 1. The molecule has 23 heavy (non-hydrogen) atoms. The number of urea groups is 1. The number of aryl methyl sites for hydroxylation is 1. The Balaban J connectivity index is 0.000000704. The molecule has 1 aliphatic heterocycles. The number of rotatable bonds is 2. The van der Waals surface area contributed by atoms with Gasteiger partial charge in [0.15, 0.2) is 0 Å². The first-order valence-electron chi connectivity index (χ1n) is 6.98. The molecule has 2 rings (SSSR count). The van der Waals surface area contributed by atoms with Crippen LogP contribution in [-0.4, -0.2) is 32.6 Å². The molecule has 3 amide bonds. The highest BCUT2D eigenvalue weighted by Crippen LogP contribution is 2.20. The maximum atomic E-state index is 11.4. The fourth-order valence-corrected chi connectivity index (χ4v) is 1.81. The minimum Gasteiger partial charge on any atom is -0.382 e. The van der Waals surface area contributed by atoms with E-state index in [1.165, 1.54) is 0 Å². The number of allylic oxidation sites excluding steroid dienone is 1. The molecule has 126 valence electrons. The highest BCUT2D eigenvalue weighted by Gasteiger charge is 2.38. The number of terminal acetylenes is 1. The summed E-state index contributed by atoms with van der Waals surface area (Å²) in [5.41, 5.74) is 1.69. The SMILES string of the molecule is C#CC.C=CC.Cc1nc(C(O)C2NC(=O)NC2=O)n(C)c1C. The lowest BCUT2D eigenvalue weighted by molar-refractivity contribution is -0.122. The van der Waals surface area contributed by atoms with Crippen molar-refractivity contribution in [3.8, 4) is 12.3 Å². The molecule has 1 aromatic heterocycles. The number of aromatic nitrogens is 2. The molecule has 0 aromatic carbocycles. The molecule has 2 atom stereocenters. The number of hydrogen-bond donors (Lipinski definition) is 3. The van der Waals surface area contributed by atoms with E-state index in [0.717, 1.165) is 11.4 Å². The highest BCUT2D eigenvalue weighted by atomic mass is 16.3. The summed E-state index contributed by atoms with van der Waals surface area (Å²) in [6.45, 7) is 10.6. The second-order valence-electron chi connectivity index (χ2n) is 4.78. The lowest BCUT2D eigenvalue weighted by Gasteiger charge is -2.15. The van der Waals surface area contributed by atoms with Crippen LogP contribution in [0.1, 0.15) is 37.2 Å². The van der Waals surface area contributed by atoms with E-state index in [2.05, 4.69) is 34.5 Å². The van der Waals surface area contributed by atoms with E-state index in [1.807, 2.05) is 20.8 Å². The first-order chi connectivity index (χ1) is 10.7. The van der Waals surface area contributed by atoms with E-state index < -0.39 is 24.1 Å². The number of carbonyl (C=O) groups is 2. The summed E-state index contributed by atoms with van der Waals surface area (Å²) in [4.78, 5) is 26.6. The fraction of sp³-hybridized carbons (Fsp3) is 0.438. The Morgan fingerprint density at radius 2 is 1.96 bits per heavy atom. The van der Waals surface area contributed by atoms with Crippen molar-refractivity contribution < 1.29 is 14.7 Å². The molecule has 0 bridgehead atoms. The van der Waals surface area contributed by atoms with Crippen molar-refractivity contribution in [2.75, 3.05) is 0 Å². The predicted molar refractivity (Wildman–Crippen MR) is 88.5 cm³/mol. The average Bonchev–Trinajstić information content (AvgIpc) is 2.94. The second kappa shape index (κ2) is 9.43. The molecule has 0 spiro atoms. The van der Waals surface area contributed by atoms with Crippen LogP contribution < -0.4 is 10.6 Å². The van der Waals surface area contributed by atoms with Crippen LogP contribution in [0, 0.1) is 26.2 Å². The van der Waals surface area contributed by atoms with Crippen molar-refractivity contribution in [1.29, 1.82) is 0 Å². The van der Waals surface area contributed by atoms with E-state index in [-0.39, 0.29) is 0 Å². The van der Waals surface area contributed by atoms with Gasteiger partial charge >= 0.3 is 6.03 Å². The van der Waals surface area contributed by atoms with Crippen LogP contribution in [-0.2, 0) is 11.8 Å². The number of hydrogen-bond acceptors (Lipinski definition) is 4. The number of nitrogens with one attached hydrogen (secondary N) is 2. The molecular weight excluding hydrogens is 296 g/mol. The third kappa shape index (κ3) is 5.27. The van der Waals surface area contributed by atoms with Gasteiger partial charge in [-0.3, -0.25) is 10.1 Å². The number of aliphatic hydroxyl groups is 1. The average molecular weight is 320 g/mol. The van der Waals surface area contributed by atoms with Crippen LogP contribution in [0.5, 0.6) is 0 Å². The Morgan fingerprint density at radius 3 is 2.26 bits per heavy atom. The number of nitrogens with zero attached hydrogens (tertiary/aromatic N) is 2. The van der Waals surface area contributed by atoms with Gasteiger partial charge in [-0.05, 0) is 27.7 Å². The van der Waals surface area contributed by atoms with Gasteiger partial charge in [0.05, 0.1) is 5.69 Å². The summed E-state index contributed by atoms with van der Waals surface area (Å²) in [6.07, 6.45) is 5.19. The standard InChI is InChI=1S/C10H14N4O3.C3H6.C3H4/c1-4-5(2)14(3)8(11-4)7(15)6-9(16)13-10(17)12-6;2*1-3-2/h6-7,15H,1-3H3,(H2,12,13,16,17);3H,1H2,2H3;1H,2H3. The van der Waals surface area contributed by atoms with E-state index in [1.54, 1.807) is 24.6 Å². The third-order valence-corrected chi connectivity index (χ3v) is 3.04. The Morgan fingerprint density at radius 1 is 1.48 bits per heavy atom. The van der Waals surface area contributed by atoms with Crippen LogP contribution in [0.15, 0.2) is 12.7 Å². The monoisotopic (exact) mass is 320 g/mol. The van der Waals surface area contributed by atoms with Crippen LogP contribution in [0.2, 0.25) is 0 Å². The van der Waals surface area contributed by atoms with Gasteiger partial charge in [0.2, 0.25) is 0 Å². The first-order valence-corrected chi connectivity index (χ1v) is 6.98. The number of imidazole rings is 1. The van der Waals surface area contributed by atoms with Gasteiger partial charge < -0.3 is 15.0 Å². The van der Waals surface area contributed by atoms with Gasteiger partial charge in [0.25, 0.3) is 5.91 Å². The molecule has 0 radical (unpaired) electrons. The van der Waals surface area contributed by atoms with Crippen molar-refractivity contribution in [2.24, 2.45) is 7.05 Å². The van der Waals surface area contributed by atoms with E-state index in [4.69, 9.17) is 0 Å². The first kappa shape index (κ1) is 20.4.